The molecule has 0 saturated carbocycles. The minimum absolute atomic E-state index is 0.449. The van der Waals surface area contributed by atoms with Crippen molar-refractivity contribution in [2.24, 2.45) is 0 Å². The smallest absolute Gasteiger partial charge is 0.229 e. The van der Waals surface area contributed by atoms with Crippen molar-refractivity contribution in [2.45, 2.75) is 57.0 Å². The summed E-state index contributed by atoms with van der Waals surface area (Å²) in [6, 6.07) is 6.00. The molecule has 1 aliphatic rings. The van der Waals surface area contributed by atoms with Gasteiger partial charge in [0.2, 0.25) is 6.29 Å². The molecule has 0 spiro atoms. The van der Waals surface area contributed by atoms with Crippen LogP contribution in [0.25, 0.3) is 10.9 Å². The zero-order valence-electron chi connectivity index (χ0n) is 16.4. The van der Waals surface area contributed by atoms with Crippen LogP contribution in [0.1, 0.15) is 19.4 Å². The topological polar surface area (TPSA) is 118 Å². The number of aliphatic hydroxyl groups excluding tert-OH is 4. The van der Waals surface area contributed by atoms with Crippen LogP contribution in [0.3, 0.4) is 0 Å². The van der Waals surface area contributed by atoms with Gasteiger partial charge in [-0.2, -0.15) is 0 Å². The SMILES string of the molecule is CC(C)N(C)CCc1c[nH]c2cc(OC3OC(CO)C(O)C(O)C3O)ccc12. The maximum Gasteiger partial charge on any atom is 0.229 e. The number of rotatable bonds is 7. The molecule has 5 atom stereocenters. The lowest BCUT2D eigenvalue weighted by molar-refractivity contribution is -0.277. The molecule has 1 aromatic carbocycles. The molecule has 0 amide bonds. The Balaban J connectivity index is 1.71. The molecule has 8 nitrogen and oxygen atoms in total. The van der Waals surface area contributed by atoms with Gasteiger partial charge in [-0.25, -0.2) is 0 Å². The zero-order chi connectivity index (χ0) is 20.4. The predicted octanol–water partition coefficient (Wildman–Crippen LogP) is 0.229. The standard InChI is InChI=1S/C20H30N2O6/c1-11(2)22(3)7-6-12-9-21-15-8-13(4-5-14(12)15)27-20-19(26)18(25)17(24)16(10-23)28-20/h4-5,8-9,11,16-21,23-26H,6-7,10H2,1-3H3. The van der Waals surface area contributed by atoms with E-state index in [0.717, 1.165) is 23.9 Å². The third kappa shape index (κ3) is 4.32. The molecule has 0 aliphatic carbocycles. The molecule has 1 aliphatic heterocycles. The summed E-state index contributed by atoms with van der Waals surface area (Å²) in [6.07, 6.45) is -3.59. The van der Waals surface area contributed by atoms with E-state index in [0.29, 0.717) is 11.8 Å². The van der Waals surface area contributed by atoms with E-state index in [1.54, 1.807) is 12.1 Å². The van der Waals surface area contributed by atoms with Crippen molar-refractivity contribution in [1.29, 1.82) is 0 Å². The average molecular weight is 394 g/mol. The van der Waals surface area contributed by atoms with E-state index in [1.165, 1.54) is 5.56 Å². The normalized spacial score (nSPS) is 28.4. The lowest BCUT2D eigenvalue weighted by atomic mass is 9.99. The van der Waals surface area contributed by atoms with Gasteiger partial charge in [-0.15, -0.1) is 0 Å². The Morgan fingerprint density at radius 2 is 1.93 bits per heavy atom. The summed E-state index contributed by atoms with van der Waals surface area (Å²) in [5.74, 6) is 0.449. The number of hydrogen-bond donors (Lipinski definition) is 5. The first-order valence-electron chi connectivity index (χ1n) is 9.59. The third-order valence-corrected chi connectivity index (χ3v) is 5.45. The second kappa shape index (κ2) is 8.77. The van der Waals surface area contributed by atoms with Crippen LogP contribution >= 0.6 is 0 Å². The highest BCUT2D eigenvalue weighted by Gasteiger charge is 2.44. The zero-order valence-corrected chi connectivity index (χ0v) is 16.4. The van der Waals surface area contributed by atoms with Crippen LogP contribution in [0.15, 0.2) is 24.4 Å². The Morgan fingerprint density at radius 1 is 1.18 bits per heavy atom. The van der Waals surface area contributed by atoms with E-state index in [4.69, 9.17) is 9.47 Å². The van der Waals surface area contributed by atoms with Gasteiger partial charge in [-0.05, 0) is 45.0 Å². The number of aromatic nitrogens is 1. The molecule has 3 rings (SSSR count). The third-order valence-electron chi connectivity index (χ3n) is 5.45. The summed E-state index contributed by atoms with van der Waals surface area (Å²) < 4.78 is 11.1. The summed E-state index contributed by atoms with van der Waals surface area (Å²) in [5.41, 5.74) is 2.10. The predicted molar refractivity (Wildman–Crippen MR) is 104 cm³/mol. The van der Waals surface area contributed by atoms with Crippen molar-refractivity contribution < 1.29 is 29.9 Å². The summed E-state index contributed by atoms with van der Waals surface area (Å²) >= 11 is 0. The molecule has 1 saturated heterocycles. The van der Waals surface area contributed by atoms with E-state index < -0.39 is 37.3 Å². The van der Waals surface area contributed by atoms with Gasteiger partial charge in [0.1, 0.15) is 30.2 Å². The molecule has 0 bridgehead atoms. The monoisotopic (exact) mass is 394 g/mol. The minimum atomic E-state index is -1.46. The summed E-state index contributed by atoms with van der Waals surface area (Å²) in [5, 5.41) is 40.2. The first-order chi connectivity index (χ1) is 13.3. The molecule has 1 fully saturated rings. The van der Waals surface area contributed by atoms with Gasteiger partial charge in [0, 0.05) is 35.8 Å². The van der Waals surface area contributed by atoms with Crippen molar-refractivity contribution in [2.75, 3.05) is 20.2 Å². The Morgan fingerprint density at radius 3 is 2.61 bits per heavy atom. The van der Waals surface area contributed by atoms with Crippen molar-refractivity contribution in [3.05, 3.63) is 30.0 Å². The van der Waals surface area contributed by atoms with E-state index in [-0.39, 0.29) is 0 Å². The van der Waals surface area contributed by atoms with Crippen molar-refractivity contribution >= 4 is 10.9 Å². The molecule has 8 heteroatoms. The number of hydrogen-bond acceptors (Lipinski definition) is 7. The fourth-order valence-corrected chi connectivity index (χ4v) is 3.30. The number of aliphatic hydroxyl groups is 4. The molecular weight excluding hydrogens is 364 g/mol. The number of ether oxygens (including phenoxy) is 2. The number of likely N-dealkylation sites (N-methyl/N-ethyl adjacent to an activating group) is 1. The molecule has 1 aromatic heterocycles. The number of aromatic amines is 1. The van der Waals surface area contributed by atoms with Crippen LogP contribution in [0.4, 0.5) is 0 Å². The van der Waals surface area contributed by atoms with Crippen molar-refractivity contribution in [1.82, 2.24) is 9.88 Å². The van der Waals surface area contributed by atoms with Crippen LogP contribution in [-0.2, 0) is 11.2 Å². The van der Waals surface area contributed by atoms with Gasteiger partial charge in [0.25, 0.3) is 0 Å². The fourth-order valence-electron chi connectivity index (χ4n) is 3.30. The van der Waals surface area contributed by atoms with E-state index in [2.05, 4.69) is 30.8 Å². The number of fused-ring (bicyclic) bond motifs is 1. The van der Waals surface area contributed by atoms with Gasteiger partial charge in [0.15, 0.2) is 0 Å². The number of nitrogens with one attached hydrogen (secondary N) is 1. The average Bonchev–Trinajstić information content (AvgIpc) is 3.08. The van der Waals surface area contributed by atoms with E-state index in [1.807, 2.05) is 12.3 Å². The summed E-state index contributed by atoms with van der Waals surface area (Å²) in [6.45, 7) is 4.79. The number of benzene rings is 1. The fraction of sp³-hybridized carbons (Fsp3) is 0.600. The molecule has 2 heterocycles. The summed E-state index contributed by atoms with van der Waals surface area (Å²) in [4.78, 5) is 5.52. The van der Waals surface area contributed by atoms with Gasteiger partial charge < -0.3 is 39.8 Å². The first kappa shape index (κ1) is 21.0. The lowest BCUT2D eigenvalue weighted by Gasteiger charge is -2.39. The largest absolute Gasteiger partial charge is 0.462 e. The highest BCUT2D eigenvalue weighted by Crippen LogP contribution is 2.28. The highest BCUT2D eigenvalue weighted by atomic mass is 16.7. The molecule has 2 aromatic rings. The molecule has 28 heavy (non-hydrogen) atoms. The van der Waals surface area contributed by atoms with Crippen molar-refractivity contribution in [3.8, 4) is 5.75 Å². The number of nitrogens with zero attached hydrogens (tertiary/aromatic N) is 1. The summed E-state index contributed by atoms with van der Waals surface area (Å²) in [7, 11) is 2.10. The van der Waals surface area contributed by atoms with E-state index >= 15 is 0 Å². The number of H-pyrrole nitrogens is 1. The van der Waals surface area contributed by atoms with Gasteiger partial charge in [-0.1, -0.05) is 0 Å². The van der Waals surface area contributed by atoms with Crippen molar-refractivity contribution in [3.63, 3.8) is 0 Å². The molecule has 156 valence electrons. The Hall–Kier alpha value is -1.68. The quantitative estimate of drug-likeness (QED) is 0.456. The van der Waals surface area contributed by atoms with Gasteiger partial charge in [-0.3, -0.25) is 0 Å². The molecular formula is C20H30N2O6. The second-order valence-electron chi connectivity index (χ2n) is 7.66. The Bertz CT molecular complexity index is 777. The maximum atomic E-state index is 10.1. The second-order valence-corrected chi connectivity index (χ2v) is 7.66. The van der Waals surface area contributed by atoms with Crippen LogP contribution in [0.5, 0.6) is 5.75 Å². The Labute approximate surface area is 164 Å². The first-order valence-corrected chi connectivity index (χ1v) is 9.59. The lowest BCUT2D eigenvalue weighted by Crippen LogP contribution is -2.60. The van der Waals surface area contributed by atoms with Crippen LogP contribution in [0, 0.1) is 0 Å². The molecule has 0 radical (unpaired) electrons. The Kier molecular flexibility index (Phi) is 6.59. The molecule has 5 unspecified atom stereocenters. The maximum absolute atomic E-state index is 10.1. The minimum Gasteiger partial charge on any atom is -0.462 e. The van der Waals surface area contributed by atoms with Crippen LogP contribution in [0.2, 0.25) is 0 Å². The molecule has 5 N–H and O–H groups in total. The van der Waals surface area contributed by atoms with Crippen LogP contribution < -0.4 is 4.74 Å². The van der Waals surface area contributed by atoms with Gasteiger partial charge in [0.05, 0.1) is 6.61 Å². The highest BCUT2D eigenvalue weighted by molar-refractivity contribution is 5.84. The van der Waals surface area contributed by atoms with E-state index in [9.17, 15) is 20.4 Å². The van der Waals surface area contributed by atoms with Gasteiger partial charge >= 0.3 is 0 Å². The van der Waals surface area contributed by atoms with Crippen LogP contribution in [-0.4, -0.2) is 87.3 Å².